The van der Waals surface area contributed by atoms with Crippen molar-refractivity contribution in [1.82, 2.24) is 0 Å². The molecule has 0 N–H and O–H groups in total. The topological polar surface area (TPSA) is 52.6 Å². The molecule has 0 heterocycles. The number of ether oxygens (including phenoxy) is 2. The van der Waals surface area contributed by atoms with Crippen LogP contribution in [-0.4, -0.2) is 44.5 Å². The van der Waals surface area contributed by atoms with Gasteiger partial charge in [-0.15, -0.1) is 0 Å². The number of carbonyl (C=O) groups is 2. The molecule has 0 amide bonds. The van der Waals surface area contributed by atoms with Gasteiger partial charge in [-0.25, -0.2) is 0 Å². The van der Waals surface area contributed by atoms with Crippen LogP contribution in [0.1, 0.15) is 72.1 Å². The van der Waals surface area contributed by atoms with Crippen LogP contribution in [0.5, 0.6) is 0 Å². The molecule has 0 spiro atoms. The van der Waals surface area contributed by atoms with Crippen molar-refractivity contribution in [1.29, 1.82) is 0 Å². The zero-order valence-corrected chi connectivity index (χ0v) is 21.5. The molecule has 0 bridgehead atoms. The van der Waals surface area contributed by atoms with Crippen molar-refractivity contribution in [3.8, 4) is 12.3 Å². The van der Waals surface area contributed by atoms with Crippen molar-refractivity contribution in [2.24, 2.45) is 5.41 Å². The van der Waals surface area contributed by atoms with Gasteiger partial charge in [0, 0.05) is 0 Å². The Kier molecular flexibility index (Phi) is 13.6. The molecule has 0 aliphatic rings. The van der Waals surface area contributed by atoms with Gasteiger partial charge in [0.05, 0.1) is 0 Å². The van der Waals surface area contributed by atoms with Gasteiger partial charge in [-0.2, -0.15) is 0 Å². The van der Waals surface area contributed by atoms with Gasteiger partial charge in [-0.1, -0.05) is 0 Å². The van der Waals surface area contributed by atoms with E-state index in [1.54, 1.807) is 0 Å². The van der Waals surface area contributed by atoms with E-state index in [0.29, 0.717) is 0 Å². The summed E-state index contributed by atoms with van der Waals surface area (Å²) < 4.78 is 14.8. The second-order valence-electron chi connectivity index (χ2n) is 7.82. The molecular formula is C23H40O4Sn. The van der Waals surface area contributed by atoms with Crippen LogP contribution in [0.2, 0.25) is 13.3 Å². The summed E-state index contributed by atoms with van der Waals surface area (Å²) in [4.78, 5) is 25.4. The minimum absolute atomic E-state index is 0.0252. The molecule has 0 aromatic rings. The first-order valence-electron chi connectivity index (χ1n) is 10.6. The monoisotopic (exact) mass is 500 g/mol. The summed E-state index contributed by atoms with van der Waals surface area (Å²) in [5.41, 5.74) is -1.47. The van der Waals surface area contributed by atoms with E-state index in [1.807, 2.05) is 0 Å². The number of unbranched alkanes of at least 4 members (excludes halogenated alkanes) is 3. The molecule has 0 unspecified atom stereocenters. The van der Waals surface area contributed by atoms with E-state index < -0.39 is 35.7 Å². The number of terminal acetylenes is 1. The average Bonchev–Trinajstić information content (AvgIpc) is 2.71. The minimum atomic E-state index is -2.82. The zero-order valence-electron chi connectivity index (χ0n) is 18.7. The van der Waals surface area contributed by atoms with Gasteiger partial charge >= 0.3 is 177 Å². The summed E-state index contributed by atoms with van der Waals surface area (Å²) in [6.07, 6.45) is 12.8. The van der Waals surface area contributed by atoms with E-state index in [4.69, 9.17) is 15.9 Å². The van der Waals surface area contributed by atoms with Crippen molar-refractivity contribution in [3.05, 3.63) is 10.2 Å². The molecule has 0 radical (unpaired) electrons. The van der Waals surface area contributed by atoms with Gasteiger partial charge in [0.2, 0.25) is 0 Å². The third-order valence-corrected chi connectivity index (χ3v) is 21.9. The van der Waals surface area contributed by atoms with Crippen LogP contribution in [0.25, 0.3) is 0 Å². The number of hydrogen-bond donors (Lipinski definition) is 0. The molecular weight excluding hydrogens is 459 g/mol. The number of esters is 2. The number of allylic oxidation sites excluding steroid dienone is 1. The van der Waals surface area contributed by atoms with E-state index in [9.17, 15) is 9.59 Å². The molecule has 4 nitrogen and oxygen atoms in total. The molecule has 0 atom stereocenters. The Bertz CT molecular complexity index is 510. The molecule has 0 aliphatic heterocycles. The van der Waals surface area contributed by atoms with Crippen LogP contribution in [0, 0.1) is 17.8 Å². The van der Waals surface area contributed by atoms with Crippen LogP contribution >= 0.6 is 0 Å². The summed E-state index contributed by atoms with van der Waals surface area (Å²) in [7, 11) is 2.59. The van der Waals surface area contributed by atoms with Crippen LogP contribution in [0.4, 0.5) is 0 Å². The Balaban J connectivity index is 6.09. The molecule has 0 aliphatic carbocycles. The van der Waals surface area contributed by atoms with E-state index in [2.05, 4.69) is 33.3 Å². The molecule has 0 saturated carbocycles. The summed E-state index contributed by atoms with van der Waals surface area (Å²) in [5.74, 6) is 1.28. The molecule has 28 heavy (non-hydrogen) atoms. The van der Waals surface area contributed by atoms with Crippen molar-refractivity contribution in [3.63, 3.8) is 0 Å². The molecule has 0 saturated heterocycles. The van der Waals surface area contributed by atoms with Crippen LogP contribution in [0.15, 0.2) is 10.2 Å². The second kappa shape index (κ2) is 14.1. The summed E-state index contributed by atoms with van der Waals surface area (Å²) in [6.45, 7) is 11.1. The standard InChI is InChI=1S/C11H13O4.3C4H9.Sn/c1-5-7-11(8-6-2,9(12)14-3)10(13)15-4;3*1-3-4-2;/h1H,2,7-8H2,3-4H3;3*1,3-4H2,2H3;. The number of carbonyl (C=O) groups excluding carboxylic acids is 2. The Labute approximate surface area is 176 Å². The Morgan fingerprint density at radius 3 is 1.61 bits per heavy atom. The molecule has 0 aromatic heterocycles. The van der Waals surface area contributed by atoms with Gasteiger partial charge in [0.1, 0.15) is 0 Å². The number of hydrogen-bond acceptors (Lipinski definition) is 4. The summed E-state index contributed by atoms with van der Waals surface area (Å²) >= 11 is -2.82. The van der Waals surface area contributed by atoms with E-state index in [-0.39, 0.29) is 12.8 Å². The summed E-state index contributed by atoms with van der Waals surface area (Å²) in [5, 5.41) is 0. The van der Waals surface area contributed by atoms with Gasteiger partial charge in [0.25, 0.3) is 0 Å². The maximum atomic E-state index is 12.7. The van der Waals surface area contributed by atoms with Crippen molar-refractivity contribution < 1.29 is 19.1 Å². The van der Waals surface area contributed by atoms with Crippen molar-refractivity contribution in [2.45, 2.75) is 85.4 Å². The first kappa shape index (κ1) is 27.0. The van der Waals surface area contributed by atoms with Gasteiger partial charge < -0.3 is 0 Å². The van der Waals surface area contributed by atoms with Gasteiger partial charge in [-0.05, 0) is 0 Å². The zero-order chi connectivity index (χ0) is 21.6. The third kappa shape index (κ3) is 7.13. The van der Waals surface area contributed by atoms with E-state index >= 15 is 0 Å². The first-order valence-corrected chi connectivity index (χ1v) is 18.1. The normalized spacial score (nSPS) is 11.6. The first-order chi connectivity index (χ1) is 13.3. The van der Waals surface area contributed by atoms with Gasteiger partial charge in [-0.3, -0.25) is 0 Å². The summed E-state index contributed by atoms with van der Waals surface area (Å²) in [6, 6.07) is 0. The Morgan fingerprint density at radius 1 is 0.929 bits per heavy atom. The van der Waals surface area contributed by atoms with Crippen molar-refractivity contribution >= 4 is 30.3 Å². The molecule has 160 valence electrons. The van der Waals surface area contributed by atoms with Crippen LogP contribution in [-0.2, 0) is 19.1 Å². The molecule has 5 heteroatoms. The maximum absolute atomic E-state index is 12.7. The quantitative estimate of drug-likeness (QED) is 0.126. The SMILES string of the molecule is C#CCC(C[C](=C)[Sn]([CH2]CCC)([CH2]CCC)[CH2]CCC)(C(=O)OC)C(=O)OC. The molecule has 0 aromatic carbocycles. The number of methoxy groups -OCH3 is 2. The fourth-order valence-corrected chi connectivity index (χ4v) is 19.9. The van der Waals surface area contributed by atoms with Crippen LogP contribution < -0.4 is 0 Å². The molecule has 0 rings (SSSR count). The third-order valence-electron chi connectivity index (χ3n) is 5.85. The fourth-order valence-electron chi connectivity index (χ4n) is 4.00. The Morgan fingerprint density at radius 2 is 1.32 bits per heavy atom. The van der Waals surface area contributed by atoms with E-state index in [0.717, 1.165) is 22.9 Å². The number of rotatable bonds is 15. The molecule has 0 fully saturated rings. The van der Waals surface area contributed by atoms with E-state index in [1.165, 1.54) is 46.8 Å². The van der Waals surface area contributed by atoms with Gasteiger partial charge in [0.15, 0.2) is 0 Å². The second-order valence-corrected chi connectivity index (χ2v) is 21.4. The predicted molar refractivity (Wildman–Crippen MR) is 119 cm³/mol. The average molecular weight is 499 g/mol. The van der Waals surface area contributed by atoms with Crippen LogP contribution in [0.3, 0.4) is 0 Å². The fraction of sp³-hybridized carbons (Fsp3) is 0.739. The van der Waals surface area contributed by atoms with Crippen molar-refractivity contribution in [2.75, 3.05) is 14.2 Å². The Hall–Kier alpha value is -0.961. The predicted octanol–water partition coefficient (Wildman–Crippen LogP) is 5.68.